The van der Waals surface area contributed by atoms with E-state index in [-0.39, 0.29) is 5.75 Å². The molecule has 104 valence electrons. The molecule has 2 aromatic rings. The van der Waals surface area contributed by atoms with Gasteiger partial charge in [0.15, 0.2) is 6.67 Å². The first-order valence-corrected chi connectivity index (χ1v) is 6.08. The van der Waals surface area contributed by atoms with Crippen LogP contribution in [0.25, 0.3) is 0 Å². The number of ether oxygens (including phenoxy) is 1. The number of benzene rings is 2. The predicted octanol–water partition coefficient (Wildman–Crippen LogP) is 3.75. The molecule has 0 aliphatic heterocycles. The van der Waals surface area contributed by atoms with Crippen LogP contribution < -0.4 is 10.1 Å². The second-order valence-corrected chi connectivity index (χ2v) is 4.33. The molecule has 4 nitrogen and oxygen atoms in total. The molecule has 6 heteroatoms. The van der Waals surface area contributed by atoms with Crippen molar-refractivity contribution in [3.63, 3.8) is 0 Å². The molecule has 0 radical (unpaired) electrons. The van der Waals surface area contributed by atoms with Gasteiger partial charge in [-0.05, 0) is 36.4 Å². The minimum Gasteiger partial charge on any atom is -0.508 e. The van der Waals surface area contributed by atoms with Crippen LogP contribution in [0.5, 0.6) is 17.2 Å². The normalized spacial score (nSPS) is 10.1. The highest BCUT2D eigenvalue weighted by Gasteiger charge is 2.07. The number of amides is 1. The molecule has 20 heavy (non-hydrogen) atoms. The third kappa shape index (κ3) is 3.61. The quantitative estimate of drug-likeness (QED) is 0.903. The number of hydrogen-bond donors (Lipinski definition) is 2. The first-order valence-electron chi connectivity index (χ1n) is 5.71. The van der Waals surface area contributed by atoms with Gasteiger partial charge in [0, 0.05) is 11.8 Å². The summed E-state index contributed by atoms with van der Waals surface area (Å²) in [6.07, 6.45) is 0. The number of rotatable bonds is 4. The number of carbonyl (C=O) groups excluding carboxylic acids is 1. The second kappa shape index (κ2) is 6.25. The van der Waals surface area contributed by atoms with Gasteiger partial charge in [0.05, 0.1) is 5.02 Å². The van der Waals surface area contributed by atoms with Crippen LogP contribution in [-0.2, 0) is 4.79 Å². The van der Waals surface area contributed by atoms with Crippen molar-refractivity contribution in [3.8, 4) is 17.2 Å². The number of carbonyl (C=O) groups is 1. The number of anilines is 1. The van der Waals surface area contributed by atoms with E-state index in [0.717, 1.165) is 0 Å². The van der Waals surface area contributed by atoms with Gasteiger partial charge in [-0.2, -0.15) is 0 Å². The average Bonchev–Trinajstić information content (AvgIpc) is 2.45. The van der Waals surface area contributed by atoms with E-state index in [2.05, 4.69) is 5.32 Å². The van der Waals surface area contributed by atoms with Gasteiger partial charge < -0.3 is 15.2 Å². The lowest BCUT2D eigenvalue weighted by Gasteiger charge is -2.10. The maximum atomic E-state index is 12.1. The molecule has 0 heterocycles. The van der Waals surface area contributed by atoms with Crippen molar-refractivity contribution in [1.29, 1.82) is 0 Å². The van der Waals surface area contributed by atoms with E-state index < -0.39 is 12.6 Å². The number of alkyl halides is 1. The fourth-order valence-corrected chi connectivity index (χ4v) is 1.65. The summed E-state index contributed by atoms with van der Waals surface area (Å²) in [6, 6.07) is 10.6. The van der Waals surface area contributed by atoms with Gasteiger partial charge in [-0.1, -0.05) is 11.6 Å². The summed E-state index contributed by atoms with van der Waals surface area (Å²) < 4.78 is 17.7. The van der Waals surface area contributed by atoms with Crippen LogP contribution in [0.2, 0.25) is 5.02 Å². The van der Waals surface area contributed by atoms with Gasteiger partial charge in [-0.15, -0.1) is 0 Å². The number of aromatic hydroxyl groups is 1. The average molecular weight is 296 g/mol. The van der Waals surface area contributed by atoms with Crippen molar-refractivity contribution in [2.24, 2.45) is 0 Å². The largest absolute Gasteiger partial charge is 0.508 e. The first-order chi connectivity index (χ1) is 9.58. The molecule has 0 fully saturated rings. The van der Waals surface area contributed by atoms with Crippen LogP contribution in [0.15, 0.2) is 42.5 Å². The Bertz CT molecular complexity index is 616. The predicted molar refractivity (Wildman–Crippen MR) is 74.2 cm³/mol. The second-order valence-electron chi connectivity index (χ2n) is 3.92. The SMILES string of the molecule is O=C(CF)Nc1ccc(Cl)c(Oc2ccc(O)cc2)c1. The van der Waals surface area contributed by atoms with Gasteiger partial charge in [-0.25, -0.2) is 4.39 Å². The zero-order valence-corrected chi connectivity index (χ0v) is 11.0. The van der Waals surface area contributed by atoms with E-state index in [4.69, 9.17) is 16.3 Å². The van der Waals surface area contributed by atoms with E-state index in [9.17, 15) is 14.3 Å². The lowest BCUT2D eigenvalue weighted by atomic mass is 10.3. The van der Waals surface area contributed by atoms with E-state index in [1.807, 2.05) is 0 Å². The Labute approximate surface area is 119 Å². The Kier molecular flexibility index (Phi) is 4.42. The van der Waals surface area contributed by atoms with Gasteiger partial charge >= 0.3 is 0 Å². The summed E-state index contributed by atoms with van der Waals surface area (Å²) in [4.78, 5) is 11.0. The molecule has 0 aliphatic carbocycles. The minimum atomic E-state index is -1.10. The molecule has 1 amide bonds. The van der Waals surface area contributed by atoms with Crippen molar-refractivity contribution >= 4 is 23.2 Å². The van der Waals surface area contributed by atoms with Gasteiger partial charge in [-0.3, -0.25) is 4.79 Å². The molecule has 2 rings (SSSR count). The molecular weight excluding hydrogens is 285 g/mol. The maximum absolute atomic E-state index is 12.1. The van der Waals surface area contributed by atoms with Crippen LogP contribution in [0.4, 0.5) is 10.1 Å². The van der Waals surface area contributed by atoms with Crippen LogP contribution in [-0.4, -0.2) is 17.7 Å². The standard InChI is InChI=1S/C14H11ClFNO3/c15-12-6-1-9(17-14(19)8-16)7-13(12)20-11-4-2-10(18)3-5-11/h1-7,18H,8H2,(H,17,19). The van der Waals surface area contributed by atoms with E-state index in [0.29, 0.717) is 22.2 Å². The highest BCUT2D eigenvalue weighted by molar-refractivity contribution is 6.32. The van der Waals surface area contributed by atoms with E-state index >= 15 is 0 Å². The van der Waals surface area contributed by atoms with Gasteiger partial charge in [0.1, 0.15) is 17.2 Å². The Morgan fingerprint density at radius 2 is 1.95 bits per heavy atom. The lowest BCUT2D eigenvalue weighted by Crippen LogP contribution is -2.12. The van der Waals surface area contributed by atoms with E-state index in [1.54, 1.807) is 18.2 Å². The smallest absolute Gasteiger partial charge is 0.255 e. The number of phenols is 1. The molecule has 0 saturated carbocycles. The van der Waals surface area contributed by atoms with Crippen molar-refractivity contribution in [1.82, 2.24) is 0 Å². The van der Waals surface area contributed by atoms with Crippen molar-refractivity contribution in [2.45, 2.75) is 0 Å². The van der Waals surface area contributed by atoms with E-state index in [1.165, 1.54) is 24.3 Å². The number of halogens is 2. The molecular formula is C14H11ClFNO3. The molecule has 0 unspecified atom stereocenters. The van der Waals surface area contributed by atoms with Gasteiger partial charge in [0.2, 0.25) is 0 Å². The molecule has 0 saturated heterocycles. The lowest BCUT2D eigenvalue weighted by molar-refractivity contribution is -0.117. The monoisotopic (exact) mass is 295 g/mol. The Morgan fingerprint density at radius 1 is 1.25 bits per heavy atom. The summed E-state index contributed by atoms with van der Waals surface area (Å²) in [5, 5.41) is 11.9. The van der Waals surface area contributed by atoms with Crippen LogP contribution in [0, 0.1) is 0 Å². The number of hydrogen-bond acceptors (Lipinski definition) is 3. The van der Waals surface area contributed by atoms with Gasteiger partial charge in [0.25, 0.3) is 5.91 Å². The summed E-state index contributed by atoms with van der Waals surface area (Å²) in [5.41, 5.74) is 0.380. The fraction of sp³-hybridized carbons (Fsp3) is 0.0714. The topological polar surface area (TPSA) is 58.6 Å². The van der Waals surface area contributed by atoms with Crippen LogP contribution in [0.1, 0.15) is 0 Å². The Balaban J connectivity index is 2.20. The molecule has 0 aromatic heterocycles. The number of nitrogens with one attached hydrogen (secondary N) is 1. The molecule has 0 bridgehead atoms. The molecule has 2 N–H and O–H groups in total. The fourth-order valence-electron chi connectivity index (χ4n) is 1.49. The molecule has 0 spiro atoms. The summed E-state index contributed by atoms with van der Waals surface area (Å²) in [6.45, 7) is -1.10. The summed E-state index contributed by atoms with van der Waals surface area (Å²) >= 11 is 5.99. The van der Waals surface area contributed by atoms with Crippen molar-refractivity contribution in [3.05, 3.63) is 47.5 Å². The Hall–Kier alpha value is -2.27. The Morgan fingerprint density at radius 3 is 2.60 bits per heavy atom. The van der Waals surface area contributed by atoms with Crippen molar-refractivity contribution in [2.75, 3.05) is 12.0 Å². The zero-order chi connectivity index (χ0) is 14.5. The number of phenolic OH excluding ortho intramolecular Hbond substituents is 1. The van der Waals surface area contributed by atoms with Crippen LogP contribution >= 0.6 is 11.6 Å². The maximum Gasteiger partial charge on any atom is 0.255 e. The zero-order valence-electron chi connectivity index (χ0n) is 10.3. The molecule has 2 aromatic carbocycles. The molecule has 0 atom stereocenters. The highest BCUT2D eigenvalue weighted by Crippen LogP contribution is 2.32. The van der Waals surface area contributed by atoms with Crippen molar-refractivity contribution < 1.29 is 19.0 Å². The first kappa shape index (κ1) is 14.1. The third-order valence-corrected chi connectivity index (χ3v) is 2.71. The molecule has 0 aliphatic rings. The summed E-state index contributed by atoms with van der Waals surface area (Å²) in [5.74, 6) is 0.156. The third-order valence-electron chi connectivity index (χ3n) is 2.40. The van der Waals surface area contributed by atoms with Crippen LogP contribution in [0.3, 0.4) is 0 Å². The minimum absolute atomic E-state index is 0.118. The highest BCUT2D eigenvalue weighted by atomic mass is 35.5. The summed E-state index contributed by atoms with van der Waals surface area (Å²) in [7, 11) is 0.